The second-order valence-corrected chi connectivity index (χ2v) is 4.18. The molecule has 6 nitrogen and oxygen atoms in total. The minimum Gasteiger partial charge on any atom is -0.512 e. The zero-order chi connectivity index (χ0) is 15.7. The van der Waals surface area contributed by atoms with Gasteiger partial charge in [-0.3, -0.25) is 19.6 Å². The lowest BCUT2D eigenvalue weighted by Gasteiger charge is -1.98. The lowest BCUT2D eigenvalue weighted by atomic mass is 10.2. The molecular formula is C14H20N2O4. The molecule has 0 fully saturated rings. The van der Waals surface area contributed by atoms with Crippen LogP contribution in [0.5, 0.6) is 0 Å². The monoisotopic (exact) mass is 280 g/mol. The summed E-state index contributed by atoms with van der Waals surface area (Å²) in [6.45, 7) is 6.11. The van der Waals surface area contributed by atoms with E-state index in [2.05, 4.69) is 9.98 Å². The number of carbonyl (C=O) groups is 2. The fourth-order valence-corrected chi connectivity index (χ4v) is 1.31. The summed E-state index contributed by atoms with van der Waals surface area (Å²) < 4.78 is 0. The van der Waals surface area contributed by atoms with Crippen molar-refractivity contribution in [2.45, 2.75) is 27.7 Å². The number of Topliss-reactive ketones (excluding diaryl/α,β-unsaturated/α-hetero) is 2. The van der Waals surface area contributed by atoms with Gasteiger partial charge in [0, 0.05) is 12.4 Å². The Morgan fingerprint density at radius 1 is 0.800 bits per heavy atom. The van der Waals surface area contributed by atoms with Gasteiger partial charge in [-0.25, -0.2) is 0 Å². The van der Waals surface area contributed by atoms with Gasteiger partial charge in [0.25, 0.3) is 0 Å². The maximum atomic E-state index is 11.1. The summed E-state index contributed by atoms with van der Waals surface area (Å²) in [5.74, 6) is -0.699. The first-order chi connectivity index (χ1) is 9.27. The maximum absolute atomic E-state index is 11.1. The highest BCUT2D eigenvalue weighted by Crippen LogP contribution is 2.00. The lowest BCUT2D eigenvalue weighted by Crippen LogP contribution is -2.03. The van der Waals surface area contributed by atoms with Crippen molar-refractivity contribution in [2.75, 3.05) is 13.1 Å². The first-order valence-electron chi connectivity index (χ1n) is 6.08. The summed E-state index contributed by atoms with van der Waals surface area (Å²) in [6.07, 6.45) is 2.60. The van der Waals surface area contributed by atoms with E-state index in [1.54, 1.807) is 0 Å². The predicted octanol–water partition coefficient (Wildman–Crippen LogP) is 1.97. The second kappa shape index (κ2) is 8.79. The van der Waals surface area contributed by atoms with E-state index >= 15 is 0 Å². The molecule has 0 atom stereocenters. The van der Waals surface area contributed by atoms with Crippen molar-refractivity contribution in [3.63, 3.8) is 0 Å². The normalized spacial score (nSPS) is 14.4. The topological polar surface area (TPSA) is 99.3 Å². The predicted molar refractivity (Wildman–Crippen MR) is 78.7 cm³/mol. The minimum atomic E-state index is -0.269. The number of ketones is 2. The summed E-state index contributed by atoms with van der Waals surface area (Å²) in [5.41, 5.74) is 0.314. The van der Waals surface area contributed by atoms with Gasteiger partial charge >= 0.3 is 0 Å². The Morgan fingerprint density at radius 2 is 1.10 bits per heavy atom. The lowest BCUT2D eigenvalue weighted by molar-refractivity contribution is -0.114. The SMILES string of the molecule is CC(=O)/C(C=NCCN=C/C(C(C)=O)=C(/C)O)=C(/C)O. The third kappa shape index (κ3) is 6.63. The van der Waals surface area contributed by atoms with Crippen molar-refractivity contribution >= 4 is 24.0 Å². The van der Waals surface area contributed by atoms with E-state index in [0.29, 0.717) is 13.1 Å². The highest BCUT2D eigenvalue weighted by atomic mass is 16.3. The number of hydrogen-bond donors (Lipinski definition) is 2. The molecule has 0 aliphatic heterocycles. The number of aliphatic hydroxyl groups excluding tert-OH is 2. The smallest absolute Gasteiger partial charge is 0.164 e. The molecule has 0 bridgehead atoms. The Balaban J connectivity index is 4.48. The van der Waals surface area contributed by atoms with Crippen LogP contribution in [0.2, 0.25) is 0 Å². The summed E-state index contributed by atoms with van der Waals surface area (Å²) in [7, 11) is 0. The number of carbonyl (C=O) groups excluding carboxylic acids is 2. The number of hydrogen-bond acceptors (Lipinski definition) is 6. The molecule has 0 saturated heterocycles. The van der Waals surface area contributed by atoms with Crippen LogP contribution in [0.4, 0.5) is 0 Å². The van der Waals surface area contributed by atoms with Gasteiger partial charge in [0.15, 0.2) is 11.6 Å². The van der Waals surface area contributed by atoms with E-state index < -0.39 is 0 Å². The molecular weight excluding hydrogens is 260 g/mol. The Labute approximate surface area is 118 Å². The first kappa shape index (κ1) is 17.8. The van der Waals surface area contributed by atoms with Crippen LogP contribution < -0.4 is 0 Å². The molecule has 0 aliphatic carbocycles. The van der Waals surface area contributed by atoms with E-state index in [-0.39, 0.29) is 34.2 Å². The molecule has 0 heterocycles. The summed E-state index contributed by atoms with van der Waals surface area (Å²) >= 11 is 0. The average Bonchev–Trinajstić information content (AvgIpc) is 2.30. The highest BCUT2D eigenvalue weighted by molar-refractivity contribution is 6.13. The van der Waals surface area contributed by atoms with E-state index in [1.165, 1.54) is 40.1 Å². The van der Waals surface area contributed by atoms with Crippen LogP contribution in [-0.2, 0) is 9.59 Å². The largest absolute Gasteiger partial charge is 0.512 e. The Morgan fingerprint density at radius 3 is 1.30 bits per heavy atom. The van der Waals surface area contributed by atoms with Crippen LogP contribution in [0.3, 0.4) is 0 Å². The Hall–Kier alpha value is -2.24. The number of allylic oxidation sites excluding steroid dienone is 4. The zero-order valence-corrected chi connectivity index (χ0v) is 12.2. The van der Waals surface area contributed by atoms with Crippen LogP contribution in [0.15, 0.2) is 32.6 Å². The van der Waals surface area contributed by atoms with E-state index in [0.717, 1.165) is 0 Å². The summed E-state index contributed by atoms with van der Waals surface area (Å²) in [5, 5.41) is 18.5. The second-order valence-electron chi connectivity index (χ2n) is 4.18. The third-order valence-corrected chi connectivity index (χ3v) is 2.34. The van der Waals surface area contributed by atoms with Crippen molar-refractivity contribution in [3.8, 4) is 0 Å². The molecule has 0 aliphatic rings. The molecule has 0 aromatic heterocycles. The first-order valence-corrected chi connectivity index (χ1v) is 6.08. The third-order valence-electron chi connectivity index (χ3n) is 2.34. The number of nitrogens with zero attached hydrogens (tertiary/aromatic N) is 2. The quantitative estimate of drug-likeness (QED) is 0.322. The molecule has 2 N–H and O–H groups in total. The molecule has 0 unspecified atom stereocenters. The molecule has 0 amide bonds. The fourth-order valence-electron chi connectivity index (χ4n) is 1.31. The van der Waals surface area contributed by atoms with E-state index in [1.807, 2.05) is 0 Å². The van der Waals surface area contributed by atoms with Crippen molar-refractivity contribution in [2.24, 2.45) is 9.98 Å². The molecule has 0 aromatic carbocycles. The van der Waals surface area contributed by atoms with Crippen LogP contribution >= 0.6 is 0 Å². The van der Waals surface area contributed by atoms with Gasteiger partial charge in [-0.2, -0.15) is 0 Å². The van der Waals surface area contributed by atoms with Gasteiger partial charge in [-0.1, -0.05) is 0 Å². The van der Waals surface area contributed by atoms with Crippen molar-refractivity contribution < 1.29 is 19.8 Å². The minimum absolute atomic E-state index is 0.0811. The van der Waals surface area contributed by atoms with Crippen LogP contribution in [0.1, 0.15) is 27.7 Å². The standard InChI is InChI=1S/C14H20N2O4/c1-9(17)13(10(2)18)7-15-5-6-16-8-14(11(3)19)12(4)20/h7-8,17,19H,5-6H2,1-4H3/b13-9-,14-11+,15-7?,16-8?. The van der Waals surface area contributed by atoms with E-state index in [9.17, 15) is 19.8 Å². The van der Waals surface area contributed by atoms with Gasteiger partial charge in [0.1, 0.15) is 11.5 Å². The van der Waals surface area contributed by atoms with Gasteiger partial charge in [-0.15, -0.1) is 0 Å². The molecule has 110 valence electrons. The molecule has 0 aromatic rings. The fraction of sp³-hybridized carbons (Fsp3) is 0.429. The Kier molecular flexibility index (Phi) is 7.81. The van der Waals surface area contributed by atoms with Crippen LogP contribution in [0, 0.1) is 0 Å². The number of rotatable bonds is 7. The van der Waals surface area contributed by atoms with Gasteiger partial charge in [0.05, 0.1) is 24.2 Å². The number of aliphatic hydroxyl groups is 2. The van der Waals surface area contributed by atoms with Crippen LogP contribution in [0.25, 0.3) is 0 Å². The molecule has 0 saturated carbocycles. The van der Waals surface area contributed by atoms with Crippen LogP contribution in [-0.4, -0.2) is 47.3 Å². The highest BCUT2D eigenvalue weighted by Gasteiger charge is 2.05. The molecule has 20 heavy (non-hydrogen) atoms. The van der Waals surface area contributed by atoms with Gasteiger partial charge in [0.2, 0.25) is 0 Å². The molecule has 0 spiro atoms. The van der Waals surface area contributed by atoms with Crippen molar-refractivity contribution in [1.29, 1.82) is 0 Å². The van der Waals surface area contributed by atoms with Crippen molar-refractivity contribution in [1.82, 2.24) is 0 Å². The van der Waals surface area contributed by atoms with Gasteiger partial charge < -0.3 is 10.2 Å². The maximum Gasteiger partial charge on any atom is 0.164 e. The molecule has 0 radical (unpaired) electrons. The summed E-state index contributed by atoms with van der Waals surface area (Å²) in [6, 6.07) is 0. The average molecular weight is 280 g/mol. The molecule has 6 heteroatoms. The zero-order valence-electron chi connectivity index (χ0n) is 12.2. The molecule has 0 rings (SSSR count). The van der Waals surface area contributed by atoms with Crippen molar-refractivity contribution in [3.05, 3.63) is 22.7 Å². The van der Waals surface area contributed by atoms with E-state index in [4.69, 9.17) is 0 Å². The van der Waals surface area contributed by atoms with Gasteiger partial charge in [-0.05, 0) is 27.7 Å². The Bertz CT molecular complexity index is 445. The summed E-state index contributed by atoms with van der Waals surface area (Å²) in [4.78, 5) is 30.2. The number of aliphatic imine (C=N–C) groups is 2.